The number of rotatable bonds is 12. The average molecular weight is 497 g/mol. The van der Waals surface area contributed by atoms with Crippen LogP contribution in [0.15, 0.2) is 48.0 Å². The summed E-state index contributed by atoms with van der Waals surface area (Å²) in [5, 5.41) is 11.3. The Labute approximate surface area is 213 Å². The molecule has 1 N–H and O–H groups in total. The molecule has 194 valence electrons. The summed E-state index contributed by atoms with van der Waals surface area (Å²) < 4.78 is 16.9. The van der Waals surface area contributed by atoms with Crippen molar-refractivity contribution in [2.24, 2.45) is 0 Å². The lowest BCUT2D eigenvalue weighted by Crippen LogP contribution is -2.35. The maximum Gasteiger partial charge on any atom is 0.295 e. The van der Waals surface area contributed by atoms with Crippen molar-refractivity contribution in [2.45, 2.75) is 32.7 Å². The van der Waals surface area contributed by atoms with Gasteiger partial charge in [0.1, 0.15) is 11.5 Å². The molecule has 2 aromatic rings. The average Bonchev–Trinajstić information content (AvgIpc) is 3.14. The predicted molar refractivity (Wildman–Crippen MR) is 139 cm³/mol. The largest absolute Gasteiger partial charge is 0.507 e. The minimum atomic E-state index is -0.768. The number of ether oxygens (including phenoxy) is 3. The molecule has 1 aliphatic heterocycles. The monoisotopic (exact) mass is 496 g/mol. The van der Waals surface area contributed by atoms with Gasteiger partial charge in [0.25, 0.3) is 11.7 Å². The number of likely N-dealkylation sites (N-methyl/N-ethyl adjacent to an activating group) is 1. The molecule has 1 atom stereocenters. The number of Topliss-reactive ketones (excluding diaryl/α,β-unsaturated/α-hetero) is 1. The zero-order valence-corrected chi connectivity index (χ0v) is 21.7. The molecule has 8 nitrogen and oxygen atoms in total. The number of ketones is 1. The summed E-state index contributed by atoms with van der Waals surface area (Å²) >= 11 is 0. The highest BCUT2D eigenvalue weighted by atomic mass is 16.5. The van der Waals surface area contributed by atoms with E-state index in [2.05, 4.69) is 0 Å². The van der Waals surface area contributed by atoms with Gasteiger partial charge in [0.15, 0.2) is 11.5 Å². The summed E-state index contributed by atoms with van der Waals surface area (Å²) in [6.45, 7) is 5.98. The smallest absolute Gasteiger partial charge is 0.295 e. The molecule has 1 amide bonds. The van der Waals surface area contributed by atoms with Gasteiger partial charge >= 0.3 is 0 Å². The Morgan fingerprint density at radius 3 is 2.25 bits per heavy atom. The number of nitrogens with zero attached hydrogens (tertiary/aromatic N) is 2. The SMILES string of the molecule is CCCOc1ccc(/C(O)=C2/C(=O)C(=O)N(CCN(C)C)C2c2ccc(OC)c(OCCC)c2)cc1. The third-order valence-corrected chi connectivity index (χ3v) is 5.89. The predicted octanol–water partition coefficient (Wildman–Crippen LogP) is 4.26. The van der Waals surface area contributed by atoms with Crippen LogP contribution in [0.25, 0.3) is 5.76 Å². The van der Waals surface area contributed by atoms with Crippen molar-refractivity contribution < 1.29 is 28.9 Å². The quantitative estimate of drug-likeness (QED) is 0.267. The zero-order chi connectivity index (χ0) is 26.2. The van der Waals surface area contributed by atoms with Gasteiger partial charge in [-0.2, -0.15) is 0 Å². The van der Waals surface area contributed by atoms with Gasteiger partial charge in [0.05, 0.1) is 31.9 Å². The molecule has 1 fully saturated rings. The number of likely N-dealkylation sites (tertiary alicyclic amines) is 1. The van der Waals surface area contributed by atoms with Crippen molar-refractivity contribution in [3.05, 3.63) is 59.2 Å². The second-order valence-electron chi connectivity index (χ2n) is 8.93. The van der Waals surface area contributed by atoms with Gasteiger partial charge in [-0.1, -0.05) is 19.9 Å². The van der Waals surface area contributed by atoms with Crippen LogP contribution >= 0.6 is 0 Å². The van der Waals surface area contributed by atoms with Crippen molar-refractivity contribution >= 4 is 17.4 Å². The van der Waals surface area contributed by atoms with E-state index in [0.717, 1.165) is 12.8 Å². The summed E-state index contributed by atoms with van der Waals surface area (Å²) in [7, 11) is 5.36. The first-order valence-corrected chi connectivity index (χ1v) is 12.3. The van der Waals surface area contributed by atoms with Crippen LogP contribution in [0.5, 0.6) is 17.2 Å². The highest BCUT2D eigenvalue weighted by molar-refractivity contribution is 6.46. The van der Waals surface area contributed by atoms with Crippen LogP contribution in [-0.4, -0.2) is 74.1 Å². The van der Waals surface area contributed by atoms with Crippen LogP contribution in [-0.2, 0) is 9.59 Å². The molecule has 0 aromatic heterocycles. The van der Waals surface area contributed by atoms with Crippen molar-refractivity contribution in [3.63, 3.8) is 0 Å². The summed E-state index contributed by atoms with van der Waals surface area (Å²) in [5.74, 6) is 0.170. The van der Waals surface area contributed by atoms with Gasteiger partial charge < -0.3 is 29.1 Å². The minimum absolute atomic E-state index is 0.0487. The fourth-order valence-electron chi connectivity index (χ4n) is 4.04. The maximum absolute atomic E-state index is 13.2. The Hall–Kier alpha value is -3.52. The molecule has 1 aliphatic rings. The van der Waals surface area contributed by atoms with E-state index >= 15 is 0 Å². The highest BCUT2D eigenvalue weighted by Gasteiger charge is 2.46. The number of hydrogen-bond acceptors (Lipinski definition) is 7. The summed E-state index contributed by atoms with van der Waals surface area (Å²) in [6, 6.07) is 11.4. The Kier molecular flexibility index (Phi) is 9.36. The molecule has 0 aliphatic carbocycles. The van der Waals surface area contributed by atoms with E-state index < -0.39 is 17.7 Å². The van der Waals surface area contributed by atoms with E-state index in [9.17, 15) is 14.7 Å². The van der Waals surface area contributed by atoms with Crippen LogP contribution in [0.4, 0.5) is 0 Å². The number of amides is 1. The Bertz CT molecular complexity index is 1090. The van der Waals surface area contributed by atoms with E-state index in [1.165, 1.54) is 4.90 Å². The molecular formula is C28H36N2O6. The fourth-order valence-corrected chi connectivity index (χ4v) is 4.04. The molecular weight excluding hydrogens is 460 g/mol. The summed E-state index contributed by atoms with van der Waals surface area (Å²) in [4.78, 5) is 29.8. The van der Waals surface area contributed by atoms with E-state index in [1.807, 2.05) is 32.8 Å². The normalized spacial score (nSPS) is 17.1. The molecule has 8 heteroatoms. The molecule has 0 saturated carbocycles. The maximum atomic E-state index is 13.2. The van der Waals surface area contributed by atoms with Crippen molar-refractivity contribution in [3.8, 4) is 17.2 Å². The van der Waals surface area contributed by atoms with Crippen molar-refractivity contribution in [1.82, 2.24) is 9.80 Å². The number of carbonyl (C=O) groups excluding carboxylic acids is 2. The molecule has 1 saturated heterocycles. The lowest BCUT2D eigenvalue weighted by molar-refractivity contribution is -0.140. The van der Waals surface area contributed by atoms with Crippen molar-refractivity contribution in [1.29, 1.82) is 0 Å². The molecule has 0 radical (unpaired) electrons. The number of aliphatic hydroxyl groups is 1. The standard InChI is InChI=1S/C28H36N2O6/c1-6-16-35-21-11-8-19(9-12-21)26(31)24-25(30(15-14-29(3)4)28(33)27(24)32)20-10-13-22(34-5)23(18-20)36-17-7-2/h8-13,18,25,31H,6-7,14-17H2,1-5H3/b26-24-. The Balaban J connectivity index is 2.10. The first kappa shape index (κ1) is 27.1. The van der Waals surface area contributed by atoms with Crippen LogP contribution in [0.2, 0.25) is 0 Å². The van der Waals surface area contributed by atoms with Gasteiger partial charge in [-0.15, -0.1) is 0 Å². The van der Waals surface area contributed by atoms with Crippen molar-refractivity contribution in [2.75, 3.05) is 47.5 Å². The molecule has 2 aromatic carbocycles. The number of methoxy groups -OCH3 is 1. The fraction of sp³-hybridized carbons (Fsp3) is 0.429. The molecule has 1 unspecified atom stereocenters. The first-order chi connectivity index (χ1) is 17.3. The lowest BCUT2D eigenvalue weighted by Gasteiger charge is -2.27. The van der Waals surface area contributed by atoms with Gasteiger partial charge in [-0.3, -0.25) is 9.59 Å². The zero-order valence-electron chi connectivity index (χ0n) is 21.7. The van der Waals surface area contributed by atoms with E-state index in [0.29, 0.717) is 54.7 Å². The summed E-state index contributed by atoms with van der Waals surface area (Å²) in [5.41, 5.74) is 1.14. The van der Waals surface area contributed by atoms with E-state index in [1.54, 1.807) is 49.6 Å². The number of benzene rings is 2. The molecule has 0 bridgehead atoms. The second-order valence-corrected chi connectivity index (χ2v) is 8.93. The van der Waals surface area contributed by atoms with Crippen LogP contribution < -0.4 is 14.2 Å². The minimum Gasteiger partial charge on any atom is -0.507 e. The number of aliphatic hydroxyl groups excluding tert-OH is 1. The molecule has 36 heavy (non-hydrogen) atoms. The van der Waals surface area contributed by atoms with E-state index in [-0.39, 0.29) is 11.3 Å². The molecule has 1 heterocycles. The Morgan fingerprint density at radius 2 is 1.64 bits per heavy atom. The Morgan fingerprint density at radius 1 is 0.972 bits per heavy atom. The van der Waals surface area contributed by atoms with Gasteiger partial charge in [-0.25, -0.2) is 0 Å². The molecule has 0 spiro atoms. The third kappa shape index (κ3) is 5.99. The lowest BCUT2D eigenvalue weighted by atomic mass is 9.95. The third-order valence-electron chi connectivity index (χ3n) is 5.89. The first-order valence-electron chi connectivity index (χ1n) is 12.3. The van der Waals surface area contributed by atoms with Crippen LogP contribution in [0.3, 0.4) is 0 Å². The second kappa shape index (κ2) is 12.4. The van der Waals surface area contributed by atoms with Gasteiger partial charge in [0.2, 0.25) is 0 Å². The topological polar surface area (TPSA) is 88.5 Å². The molecule has 3 rings (SSSR count). The number of hydrogen-bond donors (Lipinski definition) is 1. The highest BCUT2D eigenvalue weighted by Crippen LogP contribution is 2.42. The number of carbonyl (C=O) groups is 2. The van der Waals surface area contributed by atoms with Crippen LogP contribution in [0, 0.1) is 0 Å². The summed E-state index contributed by atoms with van der Waals surface area (Å²) in [6.07, 6.45) is 1.69. The van der Waals surface area contributed by atoms with E-state index in [4.69, 9.17) is 14.2 Å². The van der Waals surface area contributed by atoms with Gasteiger partial charge in [-0.05, 0) is 68.9 Å². The van der Waals surface area contributed by atoms with Crippen LogP contribution in [0.1, 0.15) is 43.9 Å². The van der Waals surface area contributed by atoms with Gasteiger partial charge in [0, 0.05) is 18.7 Å².